The zero-order valence-corrected chi connectivity index (χ0v) is 11.9. The maximum Gasteiger partial charge on any atom is 0.131 e. The van der Waals surface area contributed by atoms with Crippen molar-refractivity contribution in [3.8, 4) is 0 Å². The molecule has 0 aliphatic carbocycles. The van der Waals surface area contributed by atoms with Gasteiger partial charge in [0.15, 0.2) is 0 Å². The molecule has 0 radical (unpaired) electrons. The van der Waals surface area contributed by atoms with E-state index in [1.54, 1.807) is 12.1 Å². The van der Waals surface area contributed by atoms with Crippen molar-refractivity contribution in [1.29, 1.82) is 0 Å². The number of hydrazine groups is 1. The lowest BCUT2D eigenvalue weighted by Crippen LogP contribution is -2.29. The van der Waals surface area contributed by atoms with Crippen LogP contribution in [0, 0.1) is 5.82 Å². The topological polar surface area (TPSA) is 38.0 Å². The average molecular weight is 301 g/mol. The minimum absolute atomic E-state index is 0.246. The van der Waals surface area contributed by atoms with Gasteiger partial charge in [-0.05, 0) is 28.6 Å². The predicted molar refractivity (Wildman–Crippen MR) is 84.5 cm³/mol. The van der Waals surface area contributed by atoms with Gasteiger partial charge < -0.3 is 0 Å². The first-order chi connectivity index (χ1) is 10.2. The van der Waals surface area contributed by atoms with E-state index in [2.05, 4.69) is 5.43 Å². The molecule has 3 rings (SSSR count). The van der Waals surface area contributed by atoms with Crippen LogP contribution in [0.2, 0.25) is 5.02 Å². The van der Waals surface area contributed by atoms with E-state index >= 15 is 0 Å². The third-order valence-corrected chi connectivity index (χ3v) is 3.94. The first kappa shape index (κ1) is 14.0. The van der Waals surface area contributed by atoms with Gasteiger partial charge in [-0.15, -0.1) is 0 Å². The molecule has 0 heterocycles. The molecular weight excluding hydrogens is 287 g/mol. The van der Waals surface area contributed by atoms with E-state index in [-0.39, 0.29) is 11.9 Å². The van der Waals surface area contributed by atoms with Gasteiger partial charge in [0.2, 0.25) is 0 Å². The highest BCUT2D eigenvalue weighted by Gasteiger charge is 2.18. The molecule has 0 saturated heterocycles. The van der Waals surface area contributed by atoms with Crippen LogP contribution in [0.15, 0.2) is 60.7 Å². The Hall–Kier alpha value is -1.94. The lowest BCUT2D eigenvalue weighted by atomic mass is 9.94. The van der Waals surface area contributed by atoms with Crippen molar-refractivity contribution >= 4 is 22.4 Å². The quantitative estimate of drug-likeness (QED) is 0.562. The Morgan fingerprint density at radius 3 is 2.24 bits per heavy atom. The number of fused-ring (bicyclic) bond motifs is 1. The van der Waals surface area contributed by atoms with Crippen LogP contribution in [-0.2, 0) is 0 Å². The zero-order valence-electron chi connectivity index (χ0n) is 11.2. The molecule has 0 bridgehead atoms. The Morgan fingerprint density at radius 2 is 1.52 bits per heavy atom. The molecule has 0 amide bonds. The van der Waals surface area contributed by atoms with Crippen LogP contribution in [0.3, 0.4) is 0 Å². The van der Waals surface area contributed by atoms with E-state index in [4.69, 9.17) is 17.4 Å². The molecule has 21 heavy (non-hydrogen) atoms. The van der Waals surface area contributed by atoms with Gasteiger partial charge in [-0.3, -0.25) is 5.84 Å². The molecule has 4 heteroatoms. The number of hydrogen-bond donors (Lipinski definition) is 2. The van der Waals surface area contributed by atoms with Crippen LogP contribution in [0.4, 0.5) is 4.39 Å². The van der Waals surface area contributed by atoms with Crippen LogP contribution in [0.25, 0.3) is 10.8 Å². The molecule has 0 fully saturated rings. The maximum atomic E-state index is 13.9. The molecule has 0 aromatic heterocycles. The summed E-state index contributed by atoms with van der Waals surface area (Å²) < 4.78 is 13.9. The van der Waals surface area contributed by atoms with E-state index in [9.17, 15) is 4.39 Å². The Morgan fingerprint density at radius 1 is 0.857 bits per heavy atom. The number of halogens is 2. The zero-order chi connectivity index (χ0) is 14.8. The van der Waals surface area contributed by atoms with E-state index in [0.717, 1.165) is 16.5 Å². The summed E-state index contributed by atoms with van der Waals surface area (Å²) in [5.41, 5.74) is 4.53. The Balaban J connectivity index is 2.23. The molecule has 106 valence electrons. The minimum atomic E-state index is -0.302. The molecule has 1 atom stereocenters. The highest BCUT2D eigenvalue weighted by molar-refractivity contribution is 6.31. The van der Waals surface area contributed by atoms with Crippen LogP contribution < -0.4 is 11.3 Å². The Bertz CT molecular complexity index is 789. The molecule has 0 aliphatic heterocycles. The molecule has 3 N–H and O–H groups in total. The van der Waals surface area contributed by atoms with Crippen molar-refractivity contribution in [2.24, 2.45) is 5.84 Å². The summed E-state index contributed by atoms with van der Waals surface area (Å²) in [6.07, 6.45) is 0. The summed E-state index contributed by atoms with van der Waals surface area (Å²) in [5.74, 6) is 5.49. The number of rotatable bonds is 3. The van der Waals surface area contributed by atoms with E-state index < -0.39 is 0 Å². The van der Waals surface area contributed by atoms with Crippen molar-refractivity contribution in [3.05, 3.63) is 82.6 Å². The minimum Gasteiger partial charge on any atom is -0.271 e. The number of nitrogens with two attached hydrogens (primary N) is 1. The third kappa shape index (κ3) is 2.51. The summed E-state index contributed by atoms with van der Waals surface area (Å²) in [4.78, 5) is 0. The fourth-order valence-corrected chi connectivity index (χ4v) is 2.84. The second kappa shape index (κ2) is 5.82. The van der Waals surface area contributed by atoms with Gasteiger partial charge >= 0.3 is 0 Å². The van der Waals surface area contributed by atoms with Gasteiger partial charge in [0.25, 0.3) is 0 Å². The summed E-state index contributed by atoms with van der Waals surface area (Å²) in [6.45, 7) is 0. The molecule has 3 aromatic carbocycles. The average Bonchev–Trinajstić information content (AvgIpc) is 2.52. The summed E-state index contributed by atoms with van der Waals surface area (Å²) in [6, 6.07) is 17.7. The highest BCUT2D eigenvalue weighted by atomic mass is 35.5. The normalized spacial score (nSPS) is 12.5. The van der Waals surface area contributed by atoms with E-state index in [1.807, 2.05) is 42.5 Å². The van der Waals surface area contributed by atoms with Gasteiger partial charge in [0.1, 0.15) is 5.82 Å². The van der Waals surface area contributed by atoms with E-state index in [1.165, 1.54) is 6.07 Å². The van der Waals surface area contributed by atoms with Gasteiger partial charge in [-0.25, -0.2) is 9.82 Å². The molecule has 2 nitrogen and oxygen atoms in total. The number of benzene rings is 3. The molecule has 0 aliphatic rings. The summed E-state index contributed by atoms with van der Waals surface area (Å²) in [7, 11) is 0. The Kier molecular flexibility index (Phi) is 3.88. The lowest BCUT2D eigenvalue weighted by Gasteiger charge is -2.20. The monoisotopic (exact) mass is 300 g/mol. The van der Waals surface area contributed by atoms with Gasteiger partial charge in [-0.1, -0.05) is 60.1 Å². The number of hydrogen-bond acceptors (Lipinski definition) is 2. The first-order valence-corrected chi connectivity index (χ1v) is 6.98. The van der Waals surface area contributed by atoms with Crippen LogP contribution in [0.5, 0.6) is 0 Å². The Labute approximate surface area is 127 Å². The molecule has 3 aromatic rings. The SMILES string of the molecule is NNC(c1ccccc1Cl)c1ccc(F)c2ccccc12. The van der Waals surface area contributed by atoms with Gasteiger partial charge in [-0.2, -0.15) is 0 Å². The van der Waals surface area contributed by atoms with Crippen molar-refractivity contribution in [3.63, 3.8) is 0 Å². The molecule has 0 spiro atoms. The molecule has 1 unspecified atom stereocenters. The van der Waals surface area contributed by atoms with Crippen molar-refractivity contribution in [2.45, 2.75) is 6.04 Å². The number of nitrogens with one attached hydrogen (secondary N) is 1. The van der Waals surface area contributed by atoms with Crippen LogP contribution in [0.1, 0.15) is 17.2 Å². The van der Waals surface area contributed by atoms with Crippen LogP contribution >= 0.6 is 11.6 Å². The van der Waals surface area contributed by atoms with Crippen molar-refractivity contribution in [1.82, 2.24) is 5.43 Å². The molecule has 0 saturated carbocycles. The maximum absolute atomic E-state index is 13.9. The van der Waals surface area contributed by atoms with Gasteiger partial charge in [0.05, 0.1) is 6.04 Å². The highest BCUT2D eigenvalue weighted by Crippen LogP contribution is 2.32. The second-order valence-electron chi connectivity index (χ2n) is 4.80. The van der Waals surface area contributed by atoms with Crippen molar-refractivity contribution in [2.75, 3.05) is 0 Å². The van der Waals surface area contributed by atoms with Crippen LogP contribution in [-0.4, -0.2) is 0 Å². The second-order valence-corrected chi connectivity index (χ2v) is 5.21. The van der Waals surface area contributed by atoms with E-state index in [0.29, 0.717) is 10.4 Å². The van der Waals surface area contributed by atoms with Crippen molar-refractivity contribution < 1.29 is 4.39 Å². The fourth-order valence-electron chi connectivity index (χ4n) is 2.59. The summed E-state index contributed by atoms with van der Waals surface area (Å²) in [5, 5.41) is 2.01. The smallest absolute Gasteiger partial charge is 0.131 e. The standard InChI is InChI=1S/C17H14ClFN2/c18-15-8-4-3-7-14(15)17(21-20)13-9-10-16(19)12-6-2-1-5-11(12)13/h1-10,17,21H,20H2. The largest absolute Gasteiger partial charge is 0.271 e. The molecular formula is C17H14ClFN2. The first-order valence-electron chi connectivity index (χ1n) is 6.60. The predicted octanol–water partition coefficient (Wildman–Crippen LogP) is 4.19. The third-order valence-electron chi connectivity index (χ3n) is 3.60. The lowest BCUT2D eigenvalue weighted by molar-refractivity contribution is 0.628. The summed E-state index contributed by atoms with van der Waals surface area (Å²) >= 11 is 6.26. The fraction of sp³-hybridized carbons (Fsp3) is 0.0588. The van der Waals surface area contributed by atoms with Gasteiger partial charge in [0, 0.05) is 10.4 Å².